The summed E-state index contributed by atoms with van der Waals surface area (Å²) >= 11 is 0. The van der Waals surface area contributed by atoms with Crippen molar-refractivity contribution in [3.8, 4) is 0 Å². The van der Waals surface area contributed by atoms with Crippen molar-refractivity contribution in [2.75, 3.05) is 0 Å². The summed E-state index contributed by atoms with van der Waals surface area (Å²) in [5.74, 6) is 0. The highest BCUT2D eigenvalue weighted by molar-refractivity contribution is 4.72. The summed E-state index contributed by atoms with van der Waals surface area (Å²) in [6.45, 7) is 4.49. The standard InChI is InChI=1S/C12H23N3/c1-3-5-7-9-12(8-6-4-2)15-11-10-13-14-15/h10-12H,3-9H2,1-2H3. The minimum atomic E-state index is 0.569. The van der Waals surface area contributed by atoms with E-state index in [0.717, 1.165) is 0 Å². The Hall–Kier alpha value is -0.860. The average molecular weight is 209 g/mol. The van der Waals surface area contributed by atoms with Gasteiger partial charge in [-0.25, -0.2) is 4.68 Å². The quantitative estimate of drug-likeness (QED) is 0.612. The van der Waals surface area contributed by atoms with Crippen molar-refractivity contribution >= 4 is 0 Å². The summed E-state index contributed by atoms with van der Waals surface area (Å²) < 4.78 is 2.03. The lowest BCUT2D eigenvalue weighted by molar-refractivity contribution is 0.367. The SMILES string of the molecule is CCCCCC(CCCC)n1ccnn1. The van der Waals surface area contributed by atoms with Crippen molar-refractivity contribution < 1.29 is 0 Å². The first kappa shape index (κ1) is 12.2. The largest absolute Gasteiger partial charge is 0.250 e. The summed E-state index contributed by atoms with van der Waals surface area (Å²) in [4.78, 5) is 0. The molecular weight excluding hydrogens is 186 g/mol. The second-order valence-corrected chi connectivity index (χ2v) is 4.17. The van der Waals surface area contributed by atoms with E-state index in [0.29, 0.717) is 6.04 Å². The number of aromatic nitrogens is 3. The number of rotatable bonds is 8. The predicted molar refractivity (Wildman–Crippen MR) is 62.7 cm³/mol. The highest BCUT2D eigenvalue weighted by Gasteiger charge is 2.10. The molecule has 0 radical (unpaired) electrons. The number of unbranched alkanes of at least 4 members (excludes halogenated alkanes) is 3. The van der Waals surface area contributed by atoms with E-state index in [1.807, 2.05) is 10.9 Å². The van der Waals surface area contributed by atoms with Crippen LogP contribution in [0, 0.1) is 0 Å². The van der Waals surface area contributed by atoms with Crippen molar-refractivity contribution in [1.82, 2.24) is 15.0 Å². The van der Waals surface area contributed by atoms with Gasteiger partial charge in [0, 0.05) is 6.20 Å². The molecular formula is C12H23N3. The van der Waals surface area contributed by atoms with Gasteiger partial charge in [-0.3, -0.25) is 0 Å². The van der Waals surface area contributed by atoms with Crippen LogP contribution in [0.3, 0.4) is 0 Å². The monoisotopic (exact) mass is 209 g/mol. The van der Waals surface area contributed by atoms with Gasteiger partial charge < -0.3 is 0 Å². The molecule has 0 spiro atoms. The zero-order valence-corrected chi connectivity index (χ0v) is 10.0. The third kappa shape index (κ3) is 4.45. The Kier molecular flexibility index (Phi) is 6.05. The van der Waals surface area contributed by atoms with E-state index in [9.17, 15) is 0 Å². The molecule has 0 aliphatic heterocycles. The molecule has 0 aliphatic rings. The minimum absolute atomic E-state index is 0.569. The van der Waals surface area contributed by atoms with Crippen LogP contribution in [0.2, 0.25) is 0 Å². The van der Waals surface area contributed by atoms with Gasteiger partial charge in [0.1, 0.15) is 0 Å². The van der Waals surface area contributed by atoms with Crippen LogP contribution >= 0.6 is 0 Å². The average Bonchev–Trinajstić information content (AvgIpc) is 2.76. The van der Waals surface area contributed by atoms with Crippen molar-refractivity contribution in [2.45, 2.75) is 64.8 Å². The Bertz CT molecular complexity index is 231. The van der Waals surface area contributed by atoms with Gasteiger partial charge in [-0.2, -0.15) is 0 Å². The molecule has 3 heteroatoms. The van der Waals surface area contributed by atoms with Gasteiger partial charge in [-0.1, -0.05) is 51.2 Å². The summed E-state index contributed by atoms with van der Waals surface area (Å²) in [5.41, 5.74) is 0. The highest BCUT2D eigenvalue weighted by Crippen LogP contribution is 2.20. The molecule has 0 saturated carbocycles. The lowest BCUT2D eigenvalue weighted by Crippen LogP contribution is -2.10. The second kappa shape index (κ2) is 7.43. The molecule has 1 aromatic rings. The third-order valence-electron chi connectivity index (χ3n) is 2.85. The van der Waals surface area contributed by atoms with Gasteiger partial charge >= 0.3 is 0 Å². The van der Waals surface area contributed by atoms with Gasteiger partial charge in [-0.15, -0.1) is 5.10 Å². The van der Waals surface area contributed by atoms with Crippen LogP contribution in [-0.2, 0) is 0 Å². The topological polar surface area (TPSA) is 30.7 Å². The fraction of sp³-hybridized carbons (Fsp3) is 0.833. The minimum Gasteiger partial charge on any atom is -0.250 e. The summed E-state index contributed by atoms with van der Waals surface area (Å²) in [5, 5.41) is 8.01. The molecule has 1 unspecified atom stereocenters. The fourth-order valence-corrected chi connectivity index (χ4v) is 1.89. The first-order chi connectivity index (χ1) is 7.38. The number of hydrogen-bond donors (Lipinski definition) is 0. The van der Waals surface area contributed by atoms with E-state index >= 15 is 0 Å². The van der Waals surface area contributed by atoms with Crippen molar-refractivity contribution in [3.63, 3.8) is 0 Å². The first-order valence-electron chi connectivity index (χ1n) is 6.24. The molecule has 0 fully saturated rings. The molecule has 1 heterocycles. The zero-order chi connectivity index (χ0) is 10.9. The third-order valence-corrected chi connectivity index (χ3v) is 2.85. The Morgan fingerprint density at radius 2 is 1.80 bits per heavy atom. The van der Waals surface area contributed by atoms with Gasteiger partial charge in [0.05, 0.1) is 12.2 Å². The molecule has 0 N–H and O–H groups in total. The molecule has 0 amide bonds. The van der Waals surface area contributed by atoms with Gasteiger partial charge in [0.25, 0.3) is 0 Å². The van der Waals surface area contributed by atoms with Crippen LogP contribution in [0.5, 0.6) is 0 Å². The first-order valence-corrected chi connectivity index (χ1v) is 6.24. The van der Waals surface area contributed by atoms with E-state index in [2.05, 4.69) is 24.2 Å². The van der Waals surface area contributed by atoms with Crippen molar-refractivity contribution in [2.24, 2.45) is 0 Å². The van der Waals surface area contributed by atoms with Gasteiger partial charge in [0.2, 0.25) is 0 Å². The molecule has 1 aromatic heterocycles. The molecule has 0 aromatic carbocycles. The molecule has 0 bridgehead atoms. The second-order valence-electron chi connectivity index (χ2n) is 4.17. The van der Waals surface area contributed by atoms with Gasteiger partial charge in [0.15, 0.2) is 0 Å². The maximum atomic E-state index is 4.11. The Morgan fingerprint density at radius 3 is 2.40 bits per heavy atom. The number of nitrogens with zero attached hydrogens (tertiary/aromatic N) is 3. The smallest absolute Gasteiger partial charge is 0.0693 e. The van der Waals surface area contributed by atoms with Crippen molar-refractivity contribution in [3.05, 3.63) is 12.4 Å². The Morgan fingerprint density at radius 1 is 1.07 bits per heavy atom. The zero-order valence-electron chi connectivity index (χ0n) is 10.0. The van der Waals surface area contributed by atoms with Crippen LogP contribution < -0.4 is 0 Å². The molecule has 0 aliphatic carbocycles. The van der Waals surface area contributed by atoms with E-state index in [1.165, 1.54) is 44.9 Å². The Labute approximate surface area is 92.9 Å². The van der Waals surface area contributed by atoms with Crippen LogP contribution in [0.1, 0.15) is 64.8 Å². The van der Waals surface area contributed by atoms with Crippen LogP contribution in [0.4, 0.5) is 0 Å². The highest BCUT2D eigenvalue weighted by atomic mass is 15.4. The van der Waals surface area contributed by atoms with Crippen LogP contribution in [0.25, 0.3) is 0 Å². The molecule has 86 valence electrons. The van der Waals surface area contributed by atoms with Gasteiger partial charge in [-0.05, 0) is 12.8 Å². The normalized spacial score (nSPS) is 12.9. The molecule has 15 heavy (non-hydrogen) atoms. The van der Waals surface area contributed by atoms with E-state index in [1.54, 1.807) is 6.20 Å². The lowest BCUT2D eigenvalue weighted by Gasteiger charge is -2.16. The lowest BCUT2D eigenvalue weighted by atomic mass is 10.0. The summed E-state index contributed by atoms with van der Waals surface area (Å²) in [7, 11) is 0. The maximum absolute atomic E-state index is 4.11. The van der Waals surface area contributed by atoms with Crippen LogP contribution in [0.15, 0.2) is 12.4 Å². The fourth-order valence-electron chi connectivity index (χ4n) is 1.89. The molecule has 1 rings (SSSR count). The van der Waals surface area contributed by atoms with E-state index in [-0.39, 0.29) is 0 Å². The predicted octanol–water partition coefficient (Wildman–Crippen LogP) is 3.59. The van der Waals surface area contributed by atoms with Crippen LogP contribution in [-0.4, -0.2) is 15.0 Å². The van der Waals surface area contributed by atoms with E-state index < -0.39 is 0 Å². The number of hydrogen-bond acceptors (Lipinski definition) is 2. The molecule has 0 saturated heterocycles. The van der Waals surface area contributed by atoms with Crippen molar-refractivity contribution in [1.29, 1.82) is 0 Å². The maximum Gasteiger partial charge on any atom is 0.0693 e. The summed E-state index contributed by atoms with van der Waals surface area (Å²) in [6.07, 6.45) is 12.7. The van der Waals surface area contributed by atoms with E-state index in [4.69, 9.17) is 0 Å². The molecule has 3 nitrogen and oxygen atoms in total. The summed E-state index contributed by atoms with van der Waals surface area (Å²) in [6, 6.07) is 0.569. The Balaban J connectivity index is 2.39. The molecule has 1 atom stereocenters.